The third-order valence-corrected chi connectivity index (χ3v) is 5.80. The number of halogens is 1. The summed E-state index contributed by atoms with van der Waals surface area (Å²) in [5.74, 6) is 1.25. The highest BCUT2D eigenvalue weighted by Crippen LogP contribution is 2.28. The first kappa shape index (κ1) is 21.9. The van der Waals surface area contributed by atoms with Gasteiger partial charge in [0.2, 0.25) is 5.91 Å². The van der Waals surface area contributed by atoms with E-state index in [-0.39, 0.29) is 11.7 Å². The summed E-state index contributed by atoms with van der Waals surface area (Å²) in [5.41, 5.74) is 3.08. The Morgan fingerprint density at radius 1 is 1.06 bits per heavy atom. The van der Waals surface area contributed by atoms with Crippen molar-refractivity contribution in [1.82, 2.24) is 14.9 Å². The van der Waals surface area contributed by atoms with Crippen LogP contribution >= 0.6 is 0 Å². The molecule has 0 saturated carbocycles. The van der Waals surface area contributed by atoms with Gasteiger partial charge in [-0.05, 0) is 68.2 Å². The lowest BCUT2D eigenvalue weighted by Crippen LogP contribution is -2.39. The van der Waals surface area contributed by atoms with E-state index in [2.05, 4.69) is 27.4 Å². The maximum atomic E-state index is 13.1. The second kappa shape index (κ2) is 10.3. The number of aryl methyl sites for hydroxylation is 1. The number of hydrogen-bond donors (Lipinski definition) is 2. The Bertz CT molecular complexity index is 1050. The number of pyridine rings is 2. The number of carbonyl (C=O) groups excluding carboxylic acids is 1. The lowest BCUT2D eigenvalue weighted by Gasteiger charge is -2.31. The van der Waals surface area contributed by atoms with Crippen LogP contribution in [0.25, 0.3) is 0 Å². The largest absolute Gasteiger partial charge is 0.325 e. The van der Waals surface area contributed by atoms with Crippen LogP contribution in [-0.2, 0) is 11.2 Å². The van der Waals surface area contributed by atoms with Gasteiger partial charge in [0.05, 0.1) is 12.7 Å². The standard InChI is InChI=1S/C25H28FN5O/c1-2-18-6-3-4-7-21(18)29-25(32)17-31-14-12-19(13-15-31)22-8-5-9-24(28-22)30-23-11-10-20(26)16-27-23/h3-11,16,19H,2,12-15,17H2,1H3,(H,29,32)(H,27,28,30). The maximum Gasteiger partial charge on any atom is 0.238 e. The van der Waals surface area contributed by atoms with E-state index >= 15 is 0 Å². The number of likely N-dealkylation sites (tertiary alicyclic amines) is 1. The molecule has 0 spiro atoms. The van der Waals surface area contributed by atoms with Gasteiger partial charge in [-0.25, -0.2) is 14.4 Å². The highest BCUT2D eigenvalue weighted by atomic mass is 19.1. The van der Waals surface area contributed by atoms with E-state index in [1.165, 1.54) is 12.3 Å². The fourth-order valence-corrected chi connectivity index (χ4v) is 4.06. The van der Waals surface area contributed by atoms with Crippen molar-refractivity contribution in [2.45, 2.75) is 32.1 Å². The molecule has 0 aliphatic carbocycles. The number of anilines is 3. The van der Waals surface area contributed by atoms with Gasteiger partial charge in [0, 0.05) is 17.3 Å². The van der Waals surface area contributed by atoms with Crippen molar-refractivity contribution >= 4 is 23.2 Å². The molecule has 1 saturated heterocycles. The van der Waals surface area contributed by atoms with E-state index in [4.69, 9.17) is 4.98 Å². The Hall–Kier alpha value is -3.32. The van der Waals surface area contributed by atoms with Crippen LogP contribution in [0.4, 0.5) is 21.7 Å². The van der Waals surface area contributed by atoms with Crippen molar-refractivity contribution in [3.05, 3.63) is 77.9 Å². The lowest BCUT2D eigenvalue weighted by atomic mass is 9.93. The number of aromatic nitrogens is 2. The van der Waals surface area contributed by atoms with Crippen LogP contribution < -0.4 is 10.6 Å². The van der Waals surface area contributed by atoms with E-state index in [1.54, 1.807) is 6.07 Å². The number of amides is 1. The summed E-state index contributed by atoms with van der Waals surface area (Å²) >= 11 is 0. The van der Waals surface area contributed by atoms with E-state index in [0.717, 1.165) is 49.3 Å². The first-order valence-corrected chi connectivity index (χ1v) is 11.1. The molecular weight excluding hydrogens is 405 g/mol. The quantitative estimate of drug-likeness (QED) is 0.563. The molecule has 2 aromatic heterocycles. The summed E-state index contributed by atoms with van der Waals surface area (Å²) in [5, 5.41) is 6.18. The molecule has 1 fully saturated rings. The summed E-state index contributed by atoms with van der Waals surface area (Å²) in [4.78, 5) is 23.5. The number of carbonyl (C=O) groups is 1. The normalized spacial score (nSPS) is 14.8. The average molecular weight is 434 g/mol. The van der Waals surface area contributed by atoms with Gasteiger partial charge >= 0.3 is 0 Å². The molecule has 6 nitrogen and oxygen atoms in total. The second-order valence-electron chi connectivity index (χ2n) is 8.04. The van der Waals surface area contributed by atoms with Crippen LogP contribution in [0.1, 0.15) is 36.9 Å². The van der Waals surface area contributed by atoms with Crippen LogP contribution in [-0.4, -0.2) is 40.4 Å². The van der Waals surface area contributed by atoms with Crippen LogP contribution in [0, 0.1) is 5.82 Å². The van der Waals surface area contributed by atoms with Crippen molar-refractivity contribution in [1.29, 1.82) is 0 Å². The number of piperidine rings is 1. The molecule has 7 heteroatoms. The number of nitrogens with zero attached hydrogens (tertiary/aromatic N) is 3. The number of rotatable bonds is 7. The number of hydrogen-bond acceptors (Lipinski definition) is 5. The van der Waals surface area contributed by atoms with Crippen molar-refractivity contribution in [2.75, 3.05) is 30.3 Å². The van der Waals surface area contributed by atoms with Crippen molar-refractivity contribution in [3.8, 4) is 0 Å². The highest BCUT2D eigenvalue weighted by Gasteiger charge is 2.23. The Morgan fingerprint density at radius 2 is 1.88 bits per heavy atom. The fourth-order valence-electron chi connectivity index (χ4n) is 4.06. The zero-order valence-corrected chi connectivity index (χ0v) is 18.2. The molecule has 0 bridgehead atoms. The van der Waals surface area contributed by atoms with Crippen LogP contribution in [0.15, 0.2) is 60.8 Å². The van der Waals surface area contributed by atoms with Crippen LogP contribution in [0.2, 0.25) is 0 Å². The minimum Gasteiger partial charge on any atom is -0.325 e. The molecule has 0 unspecified atom stereocenters. The molecular formula is C25H28FN5O. The van der Waals surface area contributed by atoms with E-state index < -0.39 is 0 Å². The van der Waals surface area contributed by atoms with E-state index in [9.17, 15) is 9.18 Å². The summed E-state index contributed by atoms with van der Waals surface area (Å²) < 4.78 is 13.1. The van der Waals surface area contributed by atoms with Gasteiger partial charge in [-0.2, -0.15) is 0 Å². The van der Waals surface area contributed by atoms with Gasteiger partial charge in [-0.1, -0.05) is 31.2 Å². The zero-order valence-electron chi connectivity index (χ0n) is 18.2. The van der Waals surface area contributed by atoms with Gasteiger partial charge in [0.15, 0.2) is 0 Å². The molecule has 166 valence electrons. The number of para-hydroxylation sites is 1. The molecule has 3 heterocycles. The maximum absolute atomic E-state index is 13.1. The summed E-state index contributed by atoms with van der Waals surface area (Å²) in [6.07, 6.45) is 3.97. The van der Waals surface area contributed by atoms with Crippen molar-refractivity contribution in [3.63, 3.8) is 0 Å². The SMILES string of the molecule is CCc1ccccc1NC(=O)CN1CCC(c2cccc(Nc3ccc(F)cn3)n2)CC1. The minimum absolute atomic E-state index is 0.0282. The van der Waals surface area contributed by atoms with Crippen LogP contribution in [0.3, 0.4) is 0 Å². The second-order valence-corrected chi connectivity index (χ2v) is 8.04. The smallest absolute Gasteiger partial charge is 0.238 e. The topological polar surface area (TPSA) is 70.2 Å². The highest BCUT2D eigenvalue weighted by molar-refractivity contribution is 5.93. The predicted octanol–water partition coefficient (Wildman–Crippen LogP) is 4.74. The van der Waals surface area contributed by atoms with E-state index in [0.29, 0.717) is 24.1 Å². The first-order chi connectivity index (χ1) is 15.6. The molecule has 0 atom stereocenters. The van der Waals surface area contributed by atoms with E-state index in [1.807, 2.05) is 42.5 Å². The number of nitrogens with one attached hydrogen (secondary N) is 2. The molecule has 1 aliphatic rings. The average Bonchev–Trinajstić information content (AvgIpc) is 2.81. The summed E-state index contributed by atoms with van der Waals surface area (Å²) in [7, 11) is 0. The van der Waals surface area contributed by atoms with Crippen LogP contribution in [0.5, 0.6) is 0 Å². The molecule has 0 radical (unpaired) electrons. The molecule has 1 aromatic carbocycles. The zero-order chi connectivity index (χ0) is 22.3. The number of benzene rings is 1. The Labute approximate surface area is 187 Å². The molecule has 2 N–H and O–H groups in total. The Kier molecular flexibility index (Phi) is 7.07. The van der Waals surface area contributed by atoms with Gasteiger partial charge in [-0.3, -0.25) is 9.69 Å². The molecule has 32 heavy (non-hydrogen) atoms. The van der Waals surface area contributed by atoms with Crippen molar-refractivity contribution in [2.24, 2.45) is 0 Å². The summed E-state index contributed by atoms with van der Waals surface area (Å²) in [6, 6.07) is 16.8. The minimum atomic E-state index is -0.368. The monoisotopic (exact) mass is 433 g/mol. The molecule has 1 amide bonds. The third-order valence-electron chi connectivity index (χ3n) is 5.80. The van der Waals surface area contributed by atoms with Gasteiger partial charge < -0.3 is 10.6 Å². The Morgan fingerprint density at radius 3 is 2.62 bits per heavy atom. The fraction of sp³-hybridized carbons (Fsp3) is 0.320. The molecule has 1 aliphatic heterocycles. The predicted molar refractivity (Wildman–Crippen MR) is 125 cm³/mol. The first-order valence-electron chi connectivity index (χ1n) is 11.1. The van der Waals surface area contributed by atoms with Gasteiger partial charge in [0.25, 0.3) is 0 Å². The van der Waals surface area contributed by atoms with Gasteiger partial charge in [-0.15, -0.1) is 0 Å². The lowest BCUT2D eigenvalue weighted by molar-refractivity contribution is -0.117. The Balaban J connectivity index is 1.30. The van der Waals surface area contributed by atoms with Crippen molar-refractivity contribution < 1.29 is 9.18 Å². The van der Waals surface area contributed by atoms with Gasteiger partial charge in [0.1, 0.15) is 17.5 Å². The third kappa shape index (κ3) is 5.68. The summed E-state index contributed by atoms with van der Waals surface area (Å²) in [6.45, 7) is 4.19. The molecule has 4 rings (SSSR count). The molecule has 3 aromatic rings.